The summed E-state index contributed by atoms with van der Waals surface area (Å²) in [5, 5.41) is 7.53. The van der Waals surface area contributed by atoms with Gasteiger partial charge in [-0.2, -0.15) is 13.2 Å². The Morgan fingerprint density at radius 1 is 1.33 bits per heavy atom. The zero-order valence-electron chi connectivity index (χ0n) is 12.5. The van der Waals surface area contributed by atoms with E-state index in [1.165, 1.54) is 26.3 Å². The van der Waals surface area contributed by atoms with Crippen LogP contribution >= 0.6 is 0 Å². The second kappa shape index (κ2) is 9.34. The van der Waals surface area contributed by atoms with E-state index in [4.69, 9.17) is 14.6 Å². The molecule has 0 aliphatic rings. The van der Waals surface area contributed by atoms with Gasteiger partial charge in [0.1, 0.15) is 5.75 Å². The van der Waals surface area contributed by atoms with Crippen LogP contribution < -0.4 is 4.74 Å². The minimum absolute atomic E-state index is 0. The zero-order chi connectivity index (χ0) is 17.6. The number of nitrogens with zero attached hydrogens (tertiary/aromatic N) is 1. The Hall–Kier alpha value is -1.99. The van der Waals surface area contributed by atoms with Gasteiger partial charge in [0.25, 0.3) is 0 Å². The van der Waals surface area contributed by atoms with Gasteiger partial charge < -0.3 is 19.6 Å². The molecule has 1 aromatic carbocycles. The van der Waals surface area contributed by atoms with E-state index in [0.717, 1.165) is 0 Å². The first-order chi connectivity index (χ1) is 10.6. The van der Waals surface area contributed by atoms with E-state index in [-0.39, 0.29) is 31.4 Å². The van der Waals surface area contributed by atoms with E-state index >= 15 is 0 Å². The fourth-order valence-corrected chi connectivity index (χ4v) is 1.52. The predicted octanol–water partition coefficient (Wildman–Crippen LogP) is 3.78. The van der Waals surface area contributed by atoms with Crippen LogP contribution in [0.1, 0.15) is 12.5 Å². The predicted molar refractivity (Wildman–Crippen MR) is 75.3 cm³/mol. The molecule has 4 nitrogen and oxygen atoms in total. The van der Waals surface area contributed by atoms with Gasteiger partial charge >= 0.3 is 12.1 Å². The number of carboxylic acids is 1. The number of methoxy groups -OCH3 is 1. The molecule has 9 heteroatoms. The molecule has 24 heavy (non-hydrogen) atoms. The fraction of sp³-hybridized carbons (Fsp3) is 0.200. The number of benzene rings is 1. The van der Waals surface area contributed by atoms with E-state index < -0.39 is 23.5 Å². The number of halogens is 4. The van der Waals surface area contributed by atoms with E-state index in [0.29, 0.717) is 17.9 Å². The van der Waals surface area contributed by atoms with Crippen molar-refractivity contribution >= 4 is 5.97 Å². The van der Waals surface area contributed by atoms with Crippen LogP contribution in [0, 0.1) is 11.9 Å². The minimum atomic E-state index is -4.76. The minimum Gasteiger partial charge on any atom is -0.497 e. The van der Waals surface area contributed by atoms with Gasteiger partial charge in [-0.3, -0.25) is 4.39 Å². The molecule has 0 fully saturated rings. The Morgan fingerprint density at radius 2 is 1.92 bits per heavy atom. The molecule has 1 aromatic heterocycles. The number of pyridine rings is 1. The number of aliphatic carboxylic acids is 1. The van der Waals surface area contributed by atoms with Gasteiger partial charge in [0.2, 0.25) is 0 Å². The maximum absolute atomic E-state index is 13.1. The Balaban J connectivity index is 0.000000954. The van der Waals surface area contributed by atoms with Crippen LogP contribution in [0.4, 0.5) is 17.6 Å². The standard InChI is InChI=1S/C13H8F4NO.C2H4O2.Ir/c1-19-9-4-5-18-12(7-9)8-2-3-11(14)10(6-8)13(15,16)17;1-2(3)4;/h3-7H,1H3;1H3,(H,3,4);/q-1;;/p+1. The van der Waals surface area contributed by atoms with Gasteiger partial charge in [-0.15, -0.1) is 23.8 Å². The molecule has 0 aliphatic carbocycles. The smallest absolute Gasteiger partial charge is 0.477 e. The van der Waals surface area contributed by atoms with Gasteiger partial charge in [-0.1, -0.05) is 0 Å². The molecular weight excluding hydrogens is 510 g/mol. The molecule has 0 aliphatic heterocycles. The maximum Gasteiger partial charge on any atom is 0.477 e. The number of aliphatic hydroxyl groups excluding tert-OH is 1. The topological polar surface area (TPSA) is 63.8 Å². The number of aromatic nitrogens is 1. The van der Waals surface area contributed by atoms with Crippen LogP contribution in [0.5, 0.6) is 5.75 Å². The molecule has 1 radical (unpaired) electrons. The van der Waals surface area contributed by atoms with Crippen molar-refractivity contribution in [2.45, 2.75) is 13.1 Å². The average molecular weight is 523 g/mol. The maximum atomic E-state index is 13.1. The third-order valence-corrected chi connectivity index (χ3v) is 2.45. The number of carboxylic acid groups (broad SMARTS) is 1. The molecule has 2 aromatic rings. The first kappa shape index (κ1) is 22.0. The second-order valence-corrected chi connectivity index (χ2v) is 4.23. The number of ether oxygens (including phenoxy) is 1. The van der Waals surface area contributed by atoms with Crippen LogP contribution in [0.3, 0.4) is 0 Å². The van der Waals surface area contributed by atoms with Crippen molar-refractivity contribution in [3.8, 4) is 17.0 Å². The van der Waals surface area contributed by atoms with Crippen molar-refractivity contribution in [3.63, 3.8) is 0 Å². The summed E-state index contributed by atoms with van der Waals surface area (Å²) in [5.41, 5.74) is -1.07. The largest absolute Gasteiger partial charge is 0.497 e. The van der Waals surface area contributed by atoms with Crippen molar-refractivity contribution in [1.29, 1.82) is 0 Å². The number of rotatable bonds is 2. The molecule has 0 amide bonds. The van der Waals surface area contributed by atoms with Crippen molar-refractivity contribution in [2.24, 2.45) is 0 Å². The molecule has 133 valence electrons. The first-order valence-corrected chi connectivity index (χ1v) is 6.15. The number of hydrogen-bond donors (Lipinski definition) is 1. The fourth-order valence-electron chi connectivity index (χ4n) is 1.52. The van der Waals surface area contributed by atoms with Gasteiger partial charge in [-0.05, 0) is 17.8 Å². The van der Waals surface area contributed by atoms with Crippen molar-refractivity contribution < 1.29 is 52.3 Å². The normalized spacial score (nSPS) is 10.1. The molecule has 0 bridgehead atoms. The first-order valence-electron chi connectivity index (χ1n) is 6.15. The van der Waals surface area contributed by atoms with Crippen LogP contribution in [0.15, 0.2) is 30.5 Å². The molecule has 2 rings (SSSR count). The monoisotopic (exact) mass is 524 g/mol. The zero-order valence-corrected chi connectivity index (χ0v) is 14.9. The summed E-state index contributed by atoms with van der Waals surface area (Å²) in [6.45, 7) is 1.19. The third-order valence-electron chi connectivity index (χ3n) is 2.45. The van der Waals surface area contributed by atoms with Gasteiger partial charge in [0, 0.05) is 37.7 Å². The molecule has 2 N–H and O–H groups in total. The summed E-state index contributed by atoms with van der Waals surface area (Å²) >= 11 is 0. The summed E-state index contributed by atoms with van der Waals surface area (Å²) in [6.07, 6.45) is -3.37. The third kappa shape index (κ3) is 6.64. The van der Waals surface area contributed by atoms with Crippen molar-refractivity contribution in [1.82, 2.24) is 4.98 Å². The quantitative estimate of drug-likeness (QED) is 0.370. The van der Waals surface area contributed by atoms with Crippen LogP contribution in [0.2, 0.25) is 0 Å². The summed E-state index contributed by atoms with van der Waals surface area (Å²) in [6, 6.07) is 6.76. The summed E-state index contributed by atoms with van der Waals surface area (Å²) in [5.74, 6) is -1.50. The molecule has 0 saturated heterocycles. The molecule has 0 saturated carbocycles. The van der Waals surface area contributed by atoms with Crippen LogP contribution in [0.25, 0.3) is 11.3 Å². The summed E-state index contributed by atoms with van der Waals surface area (Å²) in [7, 11) is 1.43. The van der Waals surface area contributed by atoms with E-state index in [1.54, 1.807) is 6.07 Å². The SMILES string of the molecule is CC(O)=[OH+].COc1ccnc(-c2[c-]cc(F)c(C(F)(F)F)c2)c1.[Ir]. The van der Waals surface area contributed by atoms with Crippen molar-refractivity contribution in [3.05, 3.63) is 47.9 Å². The summed E-state index contributed by atoms with van der Waals surface area (Å²) in [4.78, 5) is 11.4. The van der Waals surface area contributed by atoms with E-state index in [2.05, 4.69) is 11.1 Å². The Kier molecular flexibility index (Phi) is 8.57. The van der Waals surface area contributed by atoms with E-state index in [9.17, 15) is 17.6 Å². The van der Waals surface area contributed by atoms with Gasteiger partial charge in [0.05, 0.1) is 14.0 Å². The molecule has 1 heterocycles. The number of hydrogen-bond acceptors (Lipinski definition) is 2. The molecular formula is C15H13F4IrNO3. The number of alkyl halides is 3. The summed E-state index contributed by atoms with van der Waals surface area (Å²) < 4.78 is 55.9. The molecule has 0 unspecified atom stereocenters. The average Bonchev–Trinajstić information content (AvgIpc) is 2.46. The van der Waals surface area contributed by atoms with Gasteiger partial charge in [-0.25, -0.2) is 0 Å². The molecule has 0 spiro atoms. The van der Waals surface area contributed by atoms with E-state index in [1.807, 2.05) is 0 Å². The van der Waals surface area contributed by atoms with Crippen LogP contribution in [-0.2, 0) is 26.3 Å². The second-order valence-electron chi connectivity index (χ2n) is 4.23. The van der Waals surface area contributed by atoms with Crippen LogP contribution in [-0.4, -0.2) is 28.0 Å². The Morgan fingerprint density at radius 3 is 2.42 bits per heavy atom. The Labute approximate surface area is 148 Å². The van der Waals surface area contributed by atoms with Crippen molar-refractivity contribution in [2.75, 3.05) is 7.11 Å². The Bertz CT molecular complexity index is 689. The van der Waals surface area contributed by atoms with Gasteiger partial charge in [0.15, 0.2) is 0 Å². The molecule has 0 atom stereocenters.